The van der Waals surface area contributed by atoms with Gasteiger partial charge in [-0.15, -0.1) is 0 Å². The van der Waals surface area contributed by atoms with E-state index in [1.165, 1.54) is 5.56 Å². The normalized spacial score (nSPS) is 14.1. The zero-order valence-corrected chi connectivity index (χ0v) is 20.9. The molecule has 7 heteroatoms. The van der Waals surface area contributed by atoms with E-state index in [9.17, 15) is 4.79 Å². The number of hydrogen-bond acceptors (Lipinski definition) is 5. The molecule has 1 aliphatic rings. The first-order chi connectivity index (χ1) is 18.1. The fraction of sp³-hybridized carbons (Fsp3) is 0.233. The van der Waals surface area contributed by atoms with Crippen molar-refractivity contribution in [1.29, 1.82) is 5.26 Å². The smallest absolute Gasteiger partial charge is 0.257 e. The Labute approximate surface area is 217 Å². The van der Waals surface area contributed by atoms with Crippen LogP contribution in [0.3, 0.4) is 0 Å². The number of nitriles is 1. The van der Waals surface area contributed by atoms with Gasteiger partial charge in [-0.2, -0.15) is 10.4 Å². The molecule has 5 rings (SSSR count). The van der Waals surface area contributed by atoms with E-state index in [1.54, 1.807) is 11.8 Å². The number of hydrogen-bond donors (Lipinski definition) is 0. The molecular formula is C30H29N5O2. The number of nitrogens with zero attached hydrogens (tertiary/aromatic N) is 5. The summed E-state index contributed by atoms with van der Waals surface area (Å²) >= 11 is 0. The van der Waals surface area contributed by atoms with Gasteiger partial charge in [-0.25, -0.2) is 4.68 Å². The van der Waals surface area contributed by atoms with Crippen LogP contribution in [0.25, 0.3) is 16.9 Å². The minimum Gasteiger partial charge on any atom is -0.497 e. The average Bonchev–Trinajstić information content (AvgIpc) is 3.28. The zero-order chi connectivity index (χ0) is 25.6. The molecule has 0 atom stereocenters. The van der Waals surface area contributed by atoms with Crippen molar-refractivity contribution in [2.24, 2.45) is 0 Å². The number of ether oxygens (including phenoxy) is 1. The number of rotatable bonds is 6. The van der Waals surface area contributed by atoms with Crippen molar-refractivity contribution in [1.82, 2.24) is 19.6 Å². The van der Waals surface area contributed by atoms with E-state index in [0.29, 0.717) is 29.9 Å². The Morgan fingerprint density at radius 2 is 1.78 bits per heavy atom. The summed E-state index contributed by atoms with van der Waals surface area (Å²) in [5.74, 6) is 0.707. The largest absolute Gasteiger partial charge is 0.497 e. The highest BCUT2D eigenvalue weighted by atomic mass is 16.5. The second-order valence-corrected chi connectivity index (χ2v) is 9.13. The summed E-state index contributed by atoms with van der Waals surface area (Å²) in [5, 5.41) is 13.9. The van der Waals surface area contributed by atoms with Crippen molar-refractivity contribution < 1.29 is 9.53 Å². The van der Waals surface area contributed by atoms with E-state index in [1.807, 2.05) is 90.0 Å². The molecule has 1 amide bonds. The first-order valence-electron chi connectivity index (χ1n) is 12.4. The number of aromatic nitrogens is 2. The van der Waals surface area contributed by atoms with Crippen molar-refractivity contribution in [2.45, 2.75) is 13.0 Å². The average molecular weight is 492 g/mol. The van der Waals surface area contributed by atoms with Crippen LogP contribution < -0.4 is 4.74 Å². The summed E-state index contributed by atoms with van der Waals surface area (Å²) in [6.45, 7) is 3.83. The molecule has 1 fully saturated rings. The Kier molecular flexibility index (Phi) is 7.29. The van der Waals surface area contributed by atoms with Crippen LogP contribution in [0, 0.1) is 11.3 Å². The first-order valence-corrected chi connectivity index (χ1v) is 12.4. The van der Waals surface area contributed by atoms with Crippen molar-refractivity contribution in [3.63, 3.8) is 0 Å². The SMILES string of the molecule is COc1cccc(-c2nn(-c3ccccc3)cc2C(=O)N2CCCN(Cc3ccc(C#N)cc3)CC2)c1. The van der Waals surface area contributed by atoms with Gasteiger partial charge in [0.05, 0.1) is 30.0 Å². The van der Waals surface area contributed by atoms with Crippen LogP contribution in [0.5, 0.6) is 5.75 Å². The van der Waals surface area contributed by atoms with E-state index in [0.717, 1.165) is 43.1 Å². The van der Waals surface area contributed by atoms with Gasteiger partial charge in [-0.1, -0.05) is 42.5 Å². The summed E-state index contributed by atoms with van der Waals surface area (Å²) in [5.41, 5.74) is 4.80. The minimum atomic E-state index is -0.0137. The van der Waals surface area contributed by atoms with Crippen molar-refractivity contribution in [3.05, 3.63) is 102 Å². The number of benzene rings is 3. The quantitative estimate of drug-likeness (QED) is 0.389. The van der Waals surface area contributed by atoms with Crippen LogP contribution in [0.4, 0.5) is 0 Å². The molecule has 0 radical (unpaired) electrons. The molecular weight excluding hydrogens is 462 g/mol. The van der Waals surface area contributed by atoms with Crippen LogP contribution >= 0.6 is 0 Å². The number of amides is 1. The Morgan fingerprint density at radius 1 is 0.973 bits per heavy atom. The summed E-state index contributed by atoms with van der Waals surface area (Å²) in [7, 11) is 1.63. The second kappa shape index (κ2) is 11.1. The summed E-state index contributed by atoms with van der Waals surface area (Å²) in [6, 6.07) is 27.4. The summed E-state index contributed by atoms with van der Waals surface area (Å²) < 4.78 is 7.20. The minimum absolute atomic E-state index is 0.0137. The lowest BCUT2D eigenvalue weighted by Crippen LogP contribution is -2.35. The van der Waals surface area contributed by atoms with Gasteiger partial charge >= 0.3 is 0 Å². The third kappa shape index (κ3) is 5.55. The molecule has 37 heavy (non-hydrogen) atoms. The van der Waals surface area contributed by atoms with Crippen LogP contribution in [0.15, 0.2) is 85.1 Å². The maximum Gasteiger partial charge on any atom is 0.257 e. The lowest BCUT2D eigenvalue weighted by atomic mass is 10.1. The Bertz CT molecular complexity index is 1410. The monoisotopic (exact) mass is 491 g/mol. The lowest BCUT2D eigenvalue weighted by Gasteiger charge is -2.22. The maximum absolute atomic E-state index is 13.9. The molecule has 4 aromatic rings. The Hall–Kier alpha value is -4.41. The van der Waals surface area contributed by atoms with Gasteiger partial charge in [0.15, 0.2) is 0 Å². The van der Waals surface area contributed by atoms with Crippen molar-refractivity contribution in [3.8, 4) is 28.8 Å². The van der Waals surface area contributed by atoms with Gasteiger partial charge < -0.3 is 9.64 Å². The third-order valence-electron chi connectivity index (χ3n) is 6.67. The van der Waals surface area contributed by atoms with Crippen LogP contribution in [-0.4, -0.2) is 58.8 Å². The van der Waals surface area contributed by atoms with Crippen LogP contribution in [0.2, 0.25) is 0 Å². The fourth-order valence-corrected chi connectivity index (χ4v) is 4.67. The van der Waals surface area contributed by atoms with E-state index in [-0.39, 0.29) is 5.91 Å². The molecule has 0 spiro atoms. The predicted octanol–water partition coefficient (Wildman–Crippen LogP) is 4.77. The highest BCUT2D eigenvalue weighted by Gasteiger charge is 2.26. The molecule has 1 saturated heterocycles. The molecule has 0 saturated carbocycles. The number of methoxy groups -OCH3 is 1. The predicted molar refractivity (Wildman–Crippen MR) is 143 cm³/mol. The van der Waals surface area contributed by atoms with E-state index in [4.69, 9.17) is 15.1 Å². The van der Waals surface area contributed by atoms with Gasteiger partial charge in [-0.05, 0) is 48.4 Å². The second-order valence-electron chi connectivity index (χ2n) is 9.13. The first kappa shape index (κ1) is 24.3. The summed E-state index contributed by atoms with van der Waals surface area (Å²) in [4.78, 5) is 18.2. The third-order valence-corrected chi connectivity index (χ3v) is 6.67. The molecule has 1 aliphatic heterocycles. The Morgan fingerprint density at radius 3 is 2.54 bits per heavy atom. The van der Waals surface area contributed by atoms with E-state index in [2.05, 4.69) is 11.0 Å². The highest BCUT2D eigenvalue weighted by Crippen LogP contribution is 2.28. The molecule has 0 bridgehead atoms. The molecule has 1 aromatic heterocycles. The number of para-hydroxylation sites is 1. The van der Waals surface area contributed by atoms with E-state index < -0.39 is 0 Å². The molecule has 0 unspecified atom stereocenters. The van der Waals surface area contributed by atoms with Crippen molar-refractivity contribution in [2.75, 3.05) is 33.3 Å². The van der Waals surface area contributed by atoms with Gasteiger partial charge in [-0.3, -0.25) is 9.69 Å². The van der Waals surface area contributed by atoms with Gasteiger partial charge in [0, 0.05) is 44.5 Å². The zero-order valence-electron chi connectivity index (χ0n) is 20.9. The van der Waals surface area contributed by atoms with E-state index >= 15 is 0 Å². The maximum atomic E-state index is 13.9. The van der Waals surface area contributed by atoms with Crippen molar-refractivity contribution >= 4 is 5.91 Å². The lowest BCUT2D eigenvalue weighted by molar-refractivity contribution is 0.0762. The van der Waals surface area contributed by atoms with Gasteiger partial charge in [0.25, 0.3) is 5.91 Å². The van der Waals surface area contributed by atoms with Gasteiger partial charge in [0.1, 0.15) is 11.4 Å². The molecule has 3 aromatic carbocycles. The molecule has 0 aliphatic carbocycles. The highest BCUT2D eigenvalue weighted by molar-refractivity contribution is 6.00. The Balaban J connectivity index is 1.38. The topological polar surface area (TPSA) is 74.4 Å². The van der Waals surface area contributed by atoms with Crippen LogP contribution in [-0.2, 0) is 6.54 Å². The number of carbonyl (C=O) groups is 1. The molecule has 7 nitrogen and oxygen atoms in total. The van der Waals surface area contributed by atoms with Gasteiger partial charge in [0.2, 0.25) is 0 Å². The fourth-order valence-electron chi connectivity index (χ4n) is 4.67. The standard InChI is InChI=1S/C30H29N5O2/c1-37-27-10-5-7-25(19-27)29-28(22-35(32-29)26-8-3-2-4-9-26)30(36)34-16-6-15-33(17-18-34)21-24-13-11-23(20-31)12-14-24/h2-5,7-14,19,22H,6,15-18,21H2,1H3. The summed E-state index contributed by atoms with van der Waals surface area (Å²) in [6.07, 6.45) is 2.73. The molecule has 2 heterocycles. The van der Waals surface area contributed by atoms with Crippen LogP contribution in [0.1, 0.15) is 27.9 Å². The number of carbonyl (C=O) groups excluding carboxylic acids is 1. The molecule has 0 N–H and O–H groups in total. The molecule has 186 valence electrons.